The molecule has 21 heavy (non-hydrogen) atoms. The van der Waals surface area contributed by atoms with Gasteiger partial charge in [-0.1, -0.05) is 12.1 Å². The summed E-state index contributed by atoms with van der Waals surface area (Å²) in [6.45, 7) is 8.06. The molecule has 1 aliphatic rings. The van der Waals surface area contributed by atoms with Crippen molar-refractivity contribution in [3.63, 3.8) is 0 Å². The maximum Gasteiger partial charge on any atom is 0.174 e. The number of ether oxygens (including phenoxy) is 1. The number of rotatable bonds is 7. The van der Waals surface area contributed by atoms with E-state index in [1.165, 1.54) is 31.5 Å². The van der Waals surface area contributed by atoms with E-state index < -0.39 is 0 Å². The lowest BCUT2D eigenvalue weighted by atomic mass is 10.1. The van der Waals surface area contributed by atoms with Crippen LogP contribution in [0.4, 0.5) is 0 Å². The Morgan fingerprint density at radius 3 is 2.52 bits per heavy atom. The lowest BCUT2D eigenvalue weighted by Gasteiger charge is -2.26. The van der Waals surface area contributed by atoms with Crippen molar-refractivity contribution in [2.24, 2.45) is 0 Å². The number of hydrogen-bond acceptors (Lipinski definition) is 4. The molecular formula is C17H25N3O. The number of likely N-dealkylation sites (tertiary alicyclic amines) is 1. The fourth-order valence-electron chi connectivity index (χ4n) is 2.74. The minimum absolute atomic E-state index is 0.0977. The summed E-state index contributed by atoms with van der Waals surface area (Å²) in [5, 5.41) is 12.1. The van der Waals surface area contributed by atoms with Crippen molar-refractivity contribution in [3.8, 4) is 11.8 Å². The van der Waals surface area contributed by atoms with Crippen molar-refractivity contribution in [1.82, 2.24) is 10.2 Å². The van der Waals surface area contributed by atoms with Crippen LogP contribution in [-0.4, -0.2) is 37.2 Å². The molecule has 1 aliphatic heterocycles. The van der Waals surface area contributed by atoms with Crippen molar-refractivity contribution in [2.45, 2.75) is 38.8 Å². The predicted molar refractivity (Wildman–Crippen MR) is 84.2 cm³/mol. The molecule has 2 atom stereocenters. The third kappa shape index (κ3) is 4.73. The number of benzene rings is 1. The fourth-order valence-corrected chi connectivity index (χ4v) is 2.74. The Morgan fingerprint density at radius 2 is 1.90 bits per heavy atom. The Bertz CT molecular complexity index is 460. The molecule has 1 saturated heterocycles. The summed E-state index contributed by atoms with van der Waals surface area (Å²) in [5.41, 5.74) is 1.24. The Hall–Kier alpha value is -1.57. The molecule has 1 N–H and O–H groups in total. The Morgan fingerprint density at radius 1 is 1.24 bits per heavy atom. The van der Waals surface area contributed by atoms with Gasteiger partial charge in [-0.2, -0.15) is 5.26 Å². The van der Waals surface area contributed by atoms with E-state index in [1.807, 2.05) is 18.2 Å². The van der Waals surface area contributed by atoms with E-state index in [0.29, 0.717) is 12.1 Å². The van der Waals surface area contributed by atoms with Crippen LogP contribution in [0, 0.1) is 11.3 Å². The summed E-state index contributed by atoms with van der Waals surface area (Å²) in [4.78, 5) is 2.55. The minimum Gasteiger partial charge on any atom is -0.479 e. The van der Waals surface area contributed by atoms with Gasteiger partial charge >= 0.3 is 0 Å². The van der Waals surface area contributed by atoms with Crippen LogP contribution in [0.15, 0.2) is 24.3 Å². The SMILES string of the molecule is CC(NCC(C)N1CCCC1)c1ccc(OCC#N)cc1. The van der Waals surface area contributed by atoms with Crippen LogP contribution in [0.1, 0.15) is 38.3 Å². The number of hydrogen-bond donors (Lipinski definition) is 1. The van der Waals surface area contributed by atoms with Crippen molar-refractivity contribution >= 4 is 0 Å². The Balaban J connectivity index is 1.79. The molecule has 0 saturated carbocycles. The summed E-state index contributed by atoms with van der Waals surface area (Å²) in [6.07, 6.45) is 2.67. The standard InChI is InChI=1S/C17H25N3O/c1-14(20-10-3-4-11-20)13-19-15(2)16-5-7-17(8-6-16)21-12-9-18/h5-8,14-15,19H,3-4,10-13H2,1-2H3. The molecule has 0 radical (unpaired) electrons. The molecule has 0 amide bonds. The van der Waals surface area contributed by atoms with Crippen molar-refractivity contribution in [1.29, 1.82) is 5.26 Å². The minimum atomic E-state index is 0.0977. The second-order valence-corrected chi connectivity index (χ2v) is 5.74. The third-order valence-electron chi connectivity index (χ3n) is 4.17. The molecule has 2 unspecified atom stereocenters. The molecule has 0 spiro atoms. The van der Waals surface area contributed by atoms with Gasteiger partial charge in [0, 0.05) is 18.6 Å². The van der Waals surface area contributed by atoms with Crippen LogP contribution in [-0.2, 0) is 0 Å². The van der Waals surface area contributed by atoms with Gasteiger partial charge in [0.25, 0.3) is 0 Å². The van der Waals surface area contributed by atoms with Crippen LogP contribution in [0.25, 0.3) is 0 Å². The molecule has 114 valence electrons. The van der Waals surface area contributed by atoms with Crippen molar-refractivity contribution < 1.29 is 4.74 Å². The van der Waals surface area contributed by atoms with E-state index in [2.05, 4.69) is 36.2 Å². The van der Waals surface area contributed by atoms with Gasteiger partial charge in [-0.25, -0.2) is 0 Å². The summed E-state index contributed by atoms with van der Waals surface area (Å²) >= 11 is 0. The van der Waals surface area contributed by atoms with E-state index in [-0.39, 0.29) is 6.61 Å². The molecule has 0 bridgehead atoms. The zero-order chi connectivity index (χ0) is 15.1. The normalized spacial score (nSPS) is 18.1. The van der Waals surface area contributed by atoms with Crippen LogP contribution in [0.3, 0.4) is 0 Å². The largest absolute Gasteiger partial charge is 0.479 e. The van der Waals surface area contributed by atoms with Crippen LogP contribution >= 0.6 is 0 Å². The number of nitriles is 1. The molecular weight excluding hydrogens is 262 g/mol. The number of nitrogens with zero attached hydrogens (tertiary/aromatic N) is 2. The highest BCUT2D eigenvalue weighted by Crippen LogP contribution is 2.18. The lowest BCUT2D eigenvalue weighted by molar-refractivity contribution is 0.247. The average molecular weight is 287 g/mol. The van der Waals surface area contributed by atoms with Gasteiger partial charge in [-0.3, -0.25) is 4.90 Å². The highest BCUT2D eigenvalue weighted by atomic mass is 16.5. The summed E-state index contributed by atoms with van der Waals surface area (Å²) in [6, 6.07) is 10.9. The molecule has 0 aliphatic carbocycles. The molecule has 1 aromatic carbocycles. The highest BCUT2D eigenvalue weighted by molar-refractivity contribution is 5.29. The molecule has 0 aromatic heterocycles. The van der Waals surface area contributed by atoms with Gasteiger partial charge in [-0.05, 0) is 57.5 Å². The second kappa shape index (κ2) is 8.02. The zero-order valence-corrected chi connectivity index (χ0v) is 13.0. The van der Waals surface area contributed by atoms with E-state index >= 15 is 0 Å². The first-order valence-electron chi connectivity index (χ1n) is 7.78. The van der Waals surface area contributed by atoms with E-state index in [0.717, 1.165) is 12.3 Å². The quantitative estimate of drug-likeness (QED) is 0.837. The summed E-state index contributed by atoms with van der Waals surface area (Å²) in [5.74, 6) is 0.748. The lowest BCUT2D eigenvalue weighted by Crippen LogP contribution is -2.39. The van der Waals surface area contributed by atoms with Gasteiger partial charge in [0.1, 0.15) is 11.8 Å². The average Bonchev–Trinajstić information content (AvgIpc) is 3.05. The first-order valence-corrected chi connectivity index (χ1v) is 7.78. The molecule has 4 heteroatoms. The smallest absolute Gasteiger partial charge is 0.174 e. The molecule has 1 fully saturated rings. The van der Waals surface area contributed by atoms with Gasteiger partial charge in [0.05, 0.1) is 0 Å². The first kappa shape index (κ1) is 15.8. The second-order valence-electron chi connectivity index (χ2n) is 5.74. The van der Waals surface area contributed by atoms with Crippen LogP contribution in [0.5, 0.6) is 5.75 Å². The summed E-state index contributed by atoms with van der Waals surface area (Å²) in [7, 11) is 0. The van der Waals surface area contributed by atoms with Crippen LogP contribution in [0.2, 0.25) is 0 Å². The Kier molecular flexibility index (Phi) is 6.04. The van der Waals surface area contributed by atoms with Gasteiger partial charge in [0.2, 0.25) is 0 Å². The zero-order valence-electron chi connectivity index (χ0n) is 13.0. The predicted octanol–water partition coefficient (Wildman–Crippen LogP) is 2.72. The van der Waals surface area contributed by atoms with E-state index in [1.54, 1.807) is 0 Å². The third-order valence-corrected chi connectivity index (χ3v) is 4.17. The van der Waals surface area contributed by atoms with Crippen LogP contribution < -0.4 is 10.1 Å². The van der Waals surface area contributed by atoms with Gasteiger partial charge in [0.15, 0.2) is 6.61 Å². The molecule has 4 nitrogen and oxygen atoms in total. The monoisotopic (exact) mass is 287 g/mol. The highest BCUT2D eigenvalue weighted by Gasteiger charge is 2.18. The van der Waals surface area contributed by atoms with Gasteiger partial charge in [-0.15, -0.1) is 0 Å². The first-order chi connectivity index (χ1) is 10.2. The molecule has 1 aromatic rings. The topological polar surface area (TPSA) is 48.3 Å². The van der Waals surface area contributed by atoms with E-state index in [9.17, 15) is 0 Å². The Labute approximate surface area is 127 Å². The van der Waals surface area contributed by atoms with Gasteiger partial charge < -0.3 is 10.1 Å². The maximum atomic E-state index is 8.49. The maximum absolute atomic E-state index is 8.49. The summed E-state index contributed by atoms with van der Waals surface area (Å²) < 4.78 is 5.27. The van der Waals surface area contributed by atoms with Crippen molar-refractivity contribution in [2.75, 3.05) is 26.2 Å². The van der Waals surface area contributed by atoms with Crippen molar-refractivity contribution in [3.05, 3.63) is 29.8 Å². The number of nitrogens with one attached hydrogen (secondary N) is 1. The molecule has 2 rings (SSSR count). The van der Waals surface area contributed by atoms with E-state index in [4.69, 9.17) is 10.00 Å². The molecule has 1 heterocycles. The fraction of sp³-hybridized carbons (Fsp3) is 0.588.